The first-order valence-electron chi connectivity index (χ1n) is 11.9. The summed E-state index contributed by atoms with van der Waals surface area (Å²) in [5, 5.41) is 17.9. The highest BCUT2D eigenvalue weighted by molar-refractivity contribution is 5.95. The van der Waals surface area contributed by atoms with E-state index in [1.54, 1.807) is 17.0 Å². The summed E-state index contributed by atoms with van der Waals surface area (Å²) in [6.07, 6.45) is -0.701. The molecule has 2 amide bonds. The van der Waals surface area contributed by atoms with Crippen molar-refractivity contribution in [2.24, 2.45) is 5.73 Å². The minimum absolute atomic E-state index is 0.0302. The topological polar surface area (TPSA) is 119 Å². The Labute approximate surface area is 207 Å². The van der Waals surface area contributed by atoms with Crippen molar-refractivity contribution in [1.82, 2.24) is 15.1 Å². The van der Waals surface area contributed by atoms with Gasteiger partial charge < -0.3 is 20.5 Å². The molecule has 0 bridgehead atoms. The van der Waals surface area contributed by atoms with E-state index in [1.807, 2.05) is 6.92 Å². The molecule has 2 aromatic rings. The fourth-order valence-corrected chi connectivity index (χ4v) is 4.20. The van der Waals surface area contributed by atoms with Gasteiger partial charge in [0.2, 0.25) is 0 Å². The van der Waals surface area contributed by atoms with Crippen molar-refractivity contribution >= 4 is 12.0 Å². The first-order chi connectivity index (χ1) is 17.0. The monoisotopic (exact) mass is 508 g/mol. The molecule has 3 atom stereocenters. The zero-order valence-electron chi connectivity index (χ0n) is 20.2. The third kappa shape index (κ3) is 6.51. The summed E-state index contributed by atoms with van der Waals surface area (Å²) >= 11 is 0. The van der Waals surface area contributed by atoms with Crippen molar-refractivity contribution in [2.75, 3.05) is 6.61 Å². The lowest BCUT2D eigenvalue weighted by molar-refractivity contribution is -0.258. The van der Waals surface area contributed by atoms with Gasteiger partial charge in [0, 0.05) is 29.8 Å². The van der Waals surface area contributed by atoms with Crippen LogP contribution in [0.5, 0.6) is 0 Å². The van der Waals surface area contributed by atoms with Gasteiger partial charge in [-0.1, -0.05) is 19.1 Å². The van der Waals surface area contributed by atoms with Crippen LogP contribution in [0.25, 0.3) is 0 Å². The maximum atomic E-state index is 13.4. The van der Waals surface area contributed by atoms with Crippen molar-refractivity contribution in [2.45, 2.75) is 75.7 Å². The maximum Gasteiger partial charge on any atom is 0.421 e. The molecule has 2 unspecified atom stereocenters. The molecular formula is C25H31F3N4O4. The second kappa shape index (κ2) is 11.2. The predicted molar refractivity (Wildman–Crippen MR) is 125 cm³/mol. The summed E-state index contributed by atoms with van der Waals surface area (Å²) < 4.78 is 44.5. The zero-order chi connectivity index (χ0) is 26.5. The molecule has 0 saturated heterocycles. The molecule has 1 fully saturated rings. The minimum Gasteiger partial charge on any atom is -0.449 e. The molecule has 0 radical (unpaired) electrons. The number of alkyl halides is 3. The van der Waals surface area contributed by atoms with Crippen molar-refractivity contribution in [3.05, 3.63) is 59.4 Å². The van der Waals surface area contributed by atoms with Crippen LogP contribution in [-0.4, -0.2) is 57.1 Å². The number of carbonyl (C=O) groups excluding carboxylic acids is 2. The van der Waals surface area contributed by atoms with Crippen LogP contribution in [0.15, 0.2) is 42.6 Å². The number of halogens is 3. The Morgan fingerprint density at radius 1 is 1.19 bits per heavy atom. The number of benzene rings is 1. The molecule has 3 N–H and O–H groups in total. The number of primary amides is 1. The van der Waals surface area contributed by atoms with E-state index in [2.05, 4.69) is 10.2 Å². The molecule has 0 spiro atoms. The number of nitrogens with two attached hydrogens (primary N) is 1. The molecule has 8 nitrogen and oxygen atoms in total. The van der Waals surface area contributed by atoms with E-state index in [1.165, 1.54) is 18.3 Å². The molecule has 1 aliphatic rings. The molecular weight excluding hydrogens is 477 g/mol. The second-order valence-electron chi connectivity index (χ2n) is 9.21. The summed E-state index contributed by atoms with van der Waals surface area (Å²) in [6.45, 7) is 2.68. The van der Waals surface area contributed by atoms with Crippen LogP contribution in [0.1, 0.15) is 73.5 Å². The number of rotatable bonds is 11. The van der Waals surface area contributed by atoms with Crippen LogP contribution >= 0.6 is 0 Å². The van der Waals surface area contributed by atoms with Crippen LogP contribution in [0.2, 0.25) is 0 Å². The third-order valence-corrected chi connectivity index (χ3v) is 6.57. The van der Waals surface area contributed by atoms with E-state index in [0.29, 0.717) is 31.9 Å². The third-order valence-electron chi connectivity index (χ3n) is 6.57. The number of nitrogens with zero attached hydrogens (tertiary/aromatic N) is 3. The van der Waals surface area contributed by atoms with Crippen LogP contribution in [-0.2, 0) is 10.3 Å². The normalized spacial score (nSPS) is 17.1. The Bertz CT molecular complexity index is 1030. The quantitative estimate of drug-likeness (QED) is 0.468. The highest BCUT2D eigenvalue weighted by Crippen LogP contribution is 2.39. The van der Waals surface area contributed by atoms with Crippen molar-refractivity contribution < 1.29 is 32.6 Å². The minimum atomic E-state index is -4.84. The summed E-state index contributed by atoms with van der Waals surface area (Å²) in [4.78, 5) is 26.4. The van der Waals surface area contributed by atoms with Crippen LogP contribution in [0, 0.1) is 0 Å². The lowest BCUT2D eigenvalue weighted by Crippen LogP contribution is -2.42. The largest absolute Gasteiger partial charge is 0.449 e. The first-order valence-corrected chi connectivity index (χ1v) is 11.9. The summed E-state index contributed by atoms with van der Waals surface area (Å²) in [6, 6.07) is 8.34. The number of hydrogen-bond donors (Lipinski definition) is 2. The van der Waals surface area contributed by atoms with Crippen LogP contribution in [0.4, 0.5) is 18.0 Å². The van der Waals surface area contributed by atoms with Gasteiger partial charge in [0.1, 0.15) is 6.61 Å². The molecule has 1 aromatic carbocycles. The van der Waals surface area contributed by atoms with Crippen LogP contribution in [0.3, 0.4) is 0 Å². The Morgan fingerprint density at radius 2 is 1.86 bits per heavy atom. The number of amides is 2. The predicted octanol–water partition coefficient (Wildman–Crippen LogP) is 4.29. The highest BCUT2D eigenvalue weighted by Gasteiger charge is 2.51. The van der Waals surface area contributed by atoms with E-state index >= 15 is 0 Å². The zero-order valence-corrected chi connectivity index (χ0v) is 20.2. The fourth-order valence-electron chi connectivity index (χ4n) is 4.20. The van der Waals surface area contributed by atoms with Gasteiger partial charge in [0.05, 0.1) is 5.69 Å². The maximum absolute atomic E-state index is 13.4. The van der Waals surface area contributed by atoms with E-state index in [-0.39, 0.29) is 41.6 Å². The molecule has 1 aliphatic carbocycles. The van der Waals surface area contributed by atoms with Gasteiger partial charge in [-0.2, -0.15) is 23.4 Å². The smallest absolute Gasteiger partial charge is 0.421 e. The average Bonchev–Trinajstić information content (AvgIpc) is 3.68. The van der Waals surface area contributed by atoms with Gasteiger partial charge in [-0.25, -0.2) is 4.79 Å². The lowest BCUT2D eigenvalue weighted by atomic mass is 9.93. The Kier molecular flexibility index (Phi) is 8.55. The number of aromatic nitrogens is 2. The average molecular weight is 509 g/mol. The number of ether oxygens (including phenoxy) is 1. The van der Waals surface area contributed by atoms with Gasteiger partial charge in [-0.3, -0.25) is 4.79 Å². The number of aliphatic hydroxyl groups is 1. The number of hydrogen-bond acceptors (Lipinski definition) is 6. The molecule has 0 aliphatic heterocycles. The molecule has 1 aromatic heterocycles. The Morgan fingerprint density at radius 3 is 2.36 bits per heavy atom. The first kappa shape index (κ1) is 27.4. The Balaban J connectivity index is 1.76. The van der Waals surface area contributed by atoms with E-state index in [0.717, 1.165) is 25.0 Å². The Hall–Kier alpha value is -3.21. The molecule has 196 valence electrons. The van der Waals surface area contributed by atoms with Gasteiger partial charge in [-0.15, -0.1) is 0 Å². The van der Waals surface area contributed by atoms with E-state index < -0.39 is 17.9 Å². The van der Waals surface area contributed by atoms with Gasteiger partial charge >= 0.3 is 12.3 Å². The van der Waals surface area contributed by atoms with Crippen molar-refractivity contribution in [3.63, 3.8) is 0 Å². The standard InChI is InChI=1S/C25H31F3N4O4/c1-3-19(11-8-17(15-36-23(29)34)21-5-4-14-30-31-21)32(20-12-13-20)22(33)16-6-9-18(10-7-16)24(2,35)25(26,27)28/h4-7,9-10,14,17,19-20,35H,3,8,11-13,15H2,1-2H3,(H2,29,34)/t17?,19?,24-/m0/s1. The van der Waals surface area contributed by atoms with E-state index in [9.17, 15) is 27.9 Å². The number of carbonyl (C=O) groups is 2. The van der Waals surface area contributed by atoms with Gasteiger partial charge in [-0.05, 0) is 68.9 Å². The van der Waals surface area contributed by atoms with Crippen molar-refractivity contribution in [3.8, 4) is 0 Å². The fraction of sp³-hybridized carbons (Fsp3) is 0.520. The van der Waals surface area contributed by atoms with Crippen molar-refractivity contribution in [1.29, 1.82) is 0 Å². The molecule has 1 saturated carbocycles. The highest BCUT2D eigenvalue weighted by atomic mass is 19.4. The summed E-state index contributed by atoms with van der Waals surface area (Å²) in [5.41, 5.74) is 2.68. The second-order valence-corrected chi connectivity index (χ2v) is 9.21. The summed E-state index contributed by atoms with van der Waals surface area (Å²) in [5.74, 6) is -0.535. The molecule has 36 heavy (non-hydrogen) atoms. The van der Waals surface area contributed by atoms with Gasteiger partial charge in [0.15, 0.2) is 5.60 Å². The van der Waals surface area contributed by atoms with Crippen LogP contribution < -0.4 is 5.73 Å². The lowest BCUT2D eigenvalue weighted by Gasteiger charge is -2.33. The molecule has 11 heteroatoms. The SMILES string of the molecule is CCC(CCC(COC(N)=O)c1cccnn1)N(C(=O)c1ccc([C@](C)(O)C(F)(F)F)cc1)C1CC1. The van der Waals surface area contributed by atoms with Gasteiger partial charge in [0.25, 0.3) is 5.91 Å². The molecule has 1 heterocycles. The van der Waals surface area contributed by atoms with E-state index in [4.69, 9.17) is 10.5 Å². The molecule has 3 rings (SSSR count). The summed E-state index contributed by atoms with van der Waals surface area (Å²) in [7, 11) is 0.